The van der Waals surface area contributed by atoms with Crippen LogP contribution in [0.5, 0.6) is 0 Å². The third kappa shape index (κ3) is 6.36. The smallest absolute Gasteiger partial charge is 0.328 e. The van der Waals surface area contributed by atoms with Crippen molar-refractivity contribution in [2.75, 3.05) is 26.4 Å². The highest BCUT2D eigenvalue weighted by molar-refractivity contribution is 5.86. The summed E-state index contributed by atoms with van der Waals surface area (Å²) in [6.07, 6.45) is 0. The molecule has 0 rings (SSSR count). The zero-order valence-corrected chi connectivity index (χ0v) is 9.91. The maximum Gasteiger partial charge on any atom is 0.328 e. The maximum absolute atomic E-state index is 11.3. The van der Waals surface area contributed by atoms with E-state index in [1.54, 1.807) is 0 Å². The molecule has 0 heterocycles. The molecule has 0 aromatic heterocycles. The highest BCUT2D eigenvalue weighted by atomic mass is 16.5. The van der Waals surface area contributed by atoms with Crippen LogP contribution in [0.15, 0.2) is 0 Å². The van der Waals surface area contributed by atoms with Gasteiger partial charge in [0.15, 0.2) is 0 Å². The van der Waals surface area contributed by atoms with Crippen molar-refractivity contribution in [1.29, 1.82) is 0 Å². The number of carbonyl (C=O) groups is 2. The molecule has 0 aliphatic rings. The number of hydrogen-bond donors (Lipinski definition) is 2. The summed E-state index contributed by atoms with van der Waals surface area (Å²) in [6, 6.07) is 0. The lowest BCUT2D eigenvalue weighted by Crippen LogP contribution is -2.50. The number of hydrogen-bond acceptors (Lipinski definition) is 4. The van der Waals surface area contributed by atoms with Crippen LogP contribution in [0.2, 0.25) is 0 Å². The Morgan fingerprint density at radius 2 is 1.81 bits per heavy atom. The van der Waals surface area contributed by atoms with Gasteiger partial charge in [-0.2, -0.15) is 0 Å². The molecule has 0 spiro atoms. The van der Waals surface area contributed by atoms with E-state index in [1.165, 1.54) is 13.8 Å². The van der Waals surface area contributed by atoms with Crippen LogP contribution < -0.4 is 5.32 Å². The highest BCUT2D eigenvalue weighted by Crippen LogP contribution is 2.01. The van der Waals surface area contributed by atoms with Gasteiger partial charge in [0.2, 0.25) is 5.91 Å². The van der Waals surface area contributed by atoms with Crippen LogP contribution in [-0.2, 0) is 19.1 Å². The number of aliphatic carboxylic acids is 1. The molecule has 16 heavy (non-hydrogen) atoms. The minimum Gasteiger partial charge on any atom is -0.480 e. The summed E-state index contributed by atoms with van der Waals surface area (Å²) in [5, 5.41) is 11.1. The minimum absolute atomic E-state index is 0.163. The summed E-state index contributed by atoms with van der Waals surface area (Å²) in [7, 11) is 0. The Hall–Kier alpha value is -1.14. The van der Waals surface area contributed by atoms with Crippen molar-refractivity contribution in [2.45, 2.75) is 26.3 Å². The summed E-state index contributed by atoms with van der Waals surface area (Å²) >= 11 is 0. The second-order valence-electron chi connectivity index (χ2n) is 3.73. The lowest BCUT2D eigenvalue weighted by molar-refractivity contribution is -0.146. The van der Waals surface area contributed by atoms with Crippen molar-refractivity contribution in [3.05, 3.63) is 0 Å². The fourth-order valence-electron chi connectivity index (χ4n) is 0.865. The fourth-order valence-corrected chi connectivity index (χ4v) is 0.865. The average molecular weight is 233 g/mol. The van der Waals surface area contributed by atoms with Gasteiger partial charge in [-0.1, -0.05) is 0 Å². The molecule has 0 saturated heterocycles. The van der Waals surface area contributed by atoms with Crippen LogP contribution in [-0.4, -0.2) is 48.9 Å². The Morgan fingerprint density at radius 3 is 2.31 bits per heavy atom. The van der Waals surface area contributed by atoms with Gasteiger partial charge in [0.1, 0.15) is 12.1 Å². The van der Waals surface area contributed by atoms with E-state index in [1.807, 2.05) is 6.92 Å². The average Bonchev–Trinajstić information content (AvgIpc) is 2.16. The molecule has 6 heteroatoms. The van der Waals surface area contributed by atoms with Gasteiger partial charge in [0, 0.05) is 6.61 Å². The molecule has 0 fully saturated rings. The zero-order valence-electron chi connectivity index (χ0n) is 9.91. The molecule has 0 bridgehead atoms. The molecule has 0 aromatic rings. The maximum atomic E-state index is 11.3. The Morgan fingerprint density at radius 1 is 1.25 bits per heavy atom. The normalized spacial score (nSPS) is 11.2. The van der Waals surface area contributed by atoms with E-state index in [0.29, 0.717) is 19.8 Å². The molecule has 0 aliphatic heterocycles. The van der Waals surface area contributed by atoms with Gasteiger partial charge < -0.3 is 19.9 Å². The van der Waals surface area contributed by atoms with Gasteiger partial charge in [-0.3, -0.25) is 4.79 Å². The number of carboxylic acids is 1. The molecule has 94 valence electrons. The zero-order chi connectivity index (χ0) is 12.6. The predicted molar refractivity (Wildman–Crippen MR) is 57.2 cm³/mol. The third-order valence-corrected chi connectivity index (χ3v) is 1.80. The molecule has 0 radical (unpaired) electrons. The topological polar surface area (TPSA) is 84.9 Å². The van der Waals surface area contributed by atoms with Gasteiger partial charge in [-0.15, -0.1) is 0 Å². The highest BCUT2D eigenvalue weighted by Gasteiger charge is 2.28. The molecular formula is C10H19NO5. The van der Waals surface area contributed by atoms with Gasteiger partial charge in [-0.05, 0) is 20.8 Å². The van der Waals surface area contributed by atoms with Crippen molar-refractivity contribution in [3.8, 4) is 0 Å². The number of carbonyl (C=O) groups excluding carboxylic acids is 1. The van der Waals surface area contributed by atoms with Crippen LogP contribution in [0, 0.1) is 0 Å². The van der Waals surface area contributed by atoms with E-state index < -0.39 is 17.4 Å². The van der Waals surface area contributed by atoms with Crippen LogP contribution >= 0.6 is 0 Å². The first-order chi connectivity index (χ1) is 7.40. The lowest BCUT2D eigenvalue weighted by atomic mass is 10.1. The van der Waals surface area contributed by atoms with Gasteiger partial charge >= 0.3 is 5.97 Å². The lowest BCUT2D eigenvalue weighted by Gasteiger charge is -2.20. The molecule has 1 amide bonds. The van der Waals surface area contributed by atoms with Crippen LogP contribution in [0.3, 0.4) is 0 Å². The molecular weight excluding hydrogens is 214 g/mol. The molecule has 0 atom stereocenters. The number of ether oxygens (including phenoxy) is 2. The van der Waals surface area contributed by atoms with Crippen LogP contribution in [0.1, 0.15) is 20.8 Å². The first-order valence-electron chi connectivity index (χ1n) is 5.10. The third-order valence-electron chi connectivity index (χ3n) is 1.80. The number of nitrogens with one attached hydrogen (secondary N) is 1. The molecule has 2 N–H and O–H groups in total. The largest absolute Gasteiger partial charge is 0.480 e. The summed E-state index contributed by atoms with van der Waals surface area (Å²) in [5.41, 5.74) is -1.28. The number of carboxylic acid groups (broad SMARTS) is 1. The van der Waals surface area contributed by atoms with Crippen LogP contribution in [0.4, 0.5) is 0 Å². The predicted octanol–water partition coefficient (Wildman–Crippen LogP) is 0.0189. The summed E-state index contributed by atoms with van der Waals surface area (Å²) < 4.78 is 10.00. The molecule has 0 saturated carbocycles. The van der Waals surface area contributed by atoms with E-state index in [-0.39, 0.29) is 6.61 Å². The number of amides is 1. The molecule has 0 aromatic carbocycles. The second kappa shape index (κ2) is 7.19. The van der Waals surface area contributed by atoms with Crippen molar-refractivity contribution in [1.82, 2.24) is 5.32 Å². The summed E-state index contributed by atoms with van der Waals surface area (Å²) in [5.74, 6) is -1.54. The van der Waals surface area contributed by atoms with Crippen molar-refractivity contribution < 1.29 is 24.2 Å². The standard InChI is InChI=1S/C10H19NO5/c1-4-15-5-6-16-7-8(12)11-10(2,3)9(13)14/h4-7H2,1-3H3,(H,11,12)(H,13,14). The first-order valence-corrected chi connectivity index (χ1v) is 5.10. The van der Waals surface area contributed by atoms with E-state index in [4.69, 9.17) is 14.6 Å². The van der Waals surface area contributed by atoms with E-state index >= 15 is 0 Å². The van der Waals surface area contributed by atoms with Gasteiger partial charge in [0.05, 0.1) is 13.2 Å². The van der Waals surface area contributed by atoms with Crippen LogP contribution in [0.25, 0.3) is 0 Å². The monoisotopic (exact) mass is 233 g/mol. The molecule has 6 nitrogen and oxygen atoms in total. The van der Waals surface area contributed by atoms with E-state index in [2.05, 4.69) is 5.32 Å². The first kappa shape index (κ1) is 14.9. The Kier molecular flexibility index (Phi) is 6.67. The second-order valence-corrected chi connectivity index (χ2v) is 3.73. The van der Waals surface area contributed by atoms with Gasteiger partial charge in [0.25, 0.3) is 0 Å². The number of rotatable bonds is 8. The Labute approximate surface area is 94.9 Å². The fraction of sp³-hybridized carbons (Fsp3) is 0.800. The summed E-state index contributed by atoms with van der Waals surface area (Å²) in [4.78, 5) is 22.0. The quantitative estimate of drug-likeness (QED) is 0.577. The van der Waals surface area contributed by atoms with E-state index in [0.717, 1.165) is 0 Å². The SMILES string of the molecule is CCOCCOCC(=O)NC(C)(C)C(=O)O. The Bertz CT molecular complexity index is 239. The van der Waals surface area contributed by atoms with Crippen molar-refractivity contribution >= 4 is 11.9 Å². The summed E-state index contributed by atoms with van der Waals surface area (Å²) in [6.45, 7) is 5.86. The van der Waals surface area contributed by atoms with Gasteiger partial charge in [-0.25, -0.2) is 4.79 Å². The van der Waals surface area contributed by atoms with E-state index in [9.17, 15) is 9.59 Å². The van der Waals surface area contributed by atoms with Crippen molar-refractivity contribution in [2.24, 2.45) is 0 Å². The molecule has 0 unspecified atom stereocenters. The minimum atomic E-state index is -1.28. The van der Waals surface area contributed by atoms with Crippen molar-refractivity contribution in [3.63, 3.8) is 0 Å². The Balaban J connectivity index is 3.71. The molecule has 0 aliphatic carbocycles.